The standard InChI is InChI=1S/C10H19N3O4/c1-6(7(14)15)13-9(17)12-5-10(2,3)8(16)11-4/h6H,5H2,1-4H3,(H,11,16)(H,14,15)(H2,12,13,17)/t6-/m1/s1. The molecular formula is C10H19N3O4. The summed E-state index contributed by atoms with van der Waals surface area (Å²) in [6.45, 7) is 4.82. The van der Waals surface area contributed by atoms with Crippen molar-refractivity contribution in [3.8, 4) is 0 Å². The molecule has 7 heteroatoms. The van der Waals surface area contributed by atoms with Crippen LogP contribution < -0.4 is 16.0 Å². The number of carboxylic acid groups (broad SMARTS) is 1. The molecule has 0 unspecified atom stereocenters. The molecule has 0 aromatic carbocycles. The van der Waals surface area contributed by atoms with Crippen LogP contribution in [-0.4, -0.2) is 42.6 Å². The first-order valence-corrected chi connectivity index (χ1v) is 5.20. The molecule has 0 heterocycles. The molecule has 3 amide bonds. The molecule has 0 bridgehead atoms. The molecule has 0 aliphatic carbocycles. The Bertz CT molecular complexity index is 315. The van der Waals surface area contributed by atoms with Gasteiger partial charge in [-0.15, -0.1) is 0 Å². The van der Waals surface area contributed by atoms with E-state index < -0.39 is 23.5 Å². The van der Waals surface area contributed by atoms with Gasteiger partial charge < -0.3 is 21.1 Å². The molecule has 0 saturated carbocycles. The van der Waals surface area contributed by atoms with Crippen LogP contribution in [0.4, 0.5) is 4.79 Å². The molecular weight excluding hydrogens is 226 g/mol. The highest BCUT2D eigenvalue weighted by atomic mass is 16.4. The Labute approximate surface area is 100.0 Å². The maximum Gasteiger partial charge on any atom is 0.325 e. The molecule has 0 aromatic heterocycles. The summed E-state index contributed by atoms with van der Waals surface area (Å²) in [7, 11) is 1.51. The largest absolute Gasteiger partial charge is 0.480 e. The maximum atomic E-state index is 11.4. The van der Waals surface area contributed by atoms with Crippen molar-refractivity contribution in [1.82, 2.24) is 16.0 Å². The second-order valence-electron chi connectivity index (χ2n) is 4.35. The predicted octanol–water partition coefficient (Wildman–Crippen LogP) is -0.469. The molecule has 0 rings (SSSR count). The van der Waals surface area contributed by atoms with Crippen LogP contribution in [0.2, 0.25) is 0 Å². The van der Waals surface area contributed by atoms with E-state index in [0.29, 0.717) is 0 Å². The van der Waals surface area contributed by atoms with Crippen molar-refractivity contribution in [2.45, 2.75) is 26.8 Å². The zero-order valence-electron chi connectivity index (χ0n) is 10.5. The molecule has 98 valence electrons. The summed E-state index contributed by atoms with van der Waals surface area (Å²) in [5.41, 5.74) is -0.751. The Morgan fingerprint density at radius 3 is 2.24 bits per heavy atom. The van der Waals surface area contributed by atoms with Gasteiger partial charge in [-0.2, -0.15) is 0 Å². The van der Waals surface area contributed by atoms with Gasteiger partial charge >= 0.3 is 12.0 Å². The monoisotopic (exact) mass is 245 g/mol. The highest BCUT2D eigenvalue weighted by Crippen LogP contribution is 2.12. The topological polar surface area (TPSA) is 108 Å². The van der Waals surface area contributed by atoms with Gasteiger partial charge in [0.25, 0.3) is 0 Å². The molecule has 0 aliphatic heterocycles. The van der Waals surface area contributed by atoms with Crippen LogP contribution in [0.1, 0.15) is 20.8 Å². The van der Waals surface area contributed by atoms with Gasteiger partial charge in [-0.05, 0) is 20.8 Å². The molecule has 0 saturated heterocycles. The van der Waals surface area contributed by atoms with Crippen molar-refractivity contribution in [1.29, 1.82) is 0 Å². The highest BCUT2D eigenvalue weighted by Gasteiger charge is 2.27. The first-order valence-electron chi connectivity index (χ1n) is 5.20. The average molecular weight is 245 g/mol. The lowest BCUT2D eigenvalue weighted by molar-refractivity contribution is -0.138. The summed E-state index contributed by atoms with van der Waals surface area (Å²) in [6.07, 6.45) is 0. The van der Waals surface area contributed by atoms with Crippen LogP contribution in [0.15, 0.2) is 0 Å². The molecule has 17 heavy (non-hydrogen) atoms. The summed E-state index contributed by atoms with van der Waals surface area (Å²) in [5.74, 6) is -1.32. The van der Waals surface area contributed by atoms with Gasteiger partial charge in [-0.1, -0.05) is 0 Å². The van der Waals surface area contributed by atoms with Gasteiger partial charge in [-0.3, -0.25) is 9.59 Å². The summed E-state index contributed by atoms with van der Waals surface area (Å²) in [5, 5.41) is 15.7. The Balaban J connectivity index is 4.16. The minimum atomic E-state index is -1.12. The molecule has 0 fully saturated rings. The number of rotatable bonds is 5. The number of carbonyl (C=O) groups excluding carboxylic acids is 2. The average Bonchev–Trinajstić information content (AvgIpc) is 2.25. The van der Waals surface area contributed by atoms with Crippen LogP contribution in [0.5, 0.6) is 0 Å². The zero-order chi connectivity index (χ0) is 13.6. The Morgan fingerprint density at radius 1 is 1.29 bits per heavy atom. The molecule has 0 aliphatic rings. The first-order chi connectivity index (χ1) is 7.70. The predicted molar refractivity (Wildman–Crippen MR) is 61.5 cm³/mol. The summed E-state index contributed by atoms with van der Waals surface area (Å²) in [4.78, 5) is 33.2. The Kier molecular flexibility index (Phi) is 5.43. The highest BCUT2D eigenvalue weighted by molar-refractivity contribution is 5.84. The van der Waals surface area contributed by atoms with Crippen molar-refractivity contribution in [2.24, 2.45) is 5.41 Å². The fourth-order valence-electron chi connectivity index (χ4n) is 1.03. The van der Waals surface area contributed by atoms with Crippen LogP contribution in [0.25, 0.3) is 0 Å². The molecule has 0 radical (unpaired) electrons. The van der Waals surface area contributed by atoms with Crippen molar-refractivity contribution >= 4 is 17.9 Å². The van der Waals surface area contributed by atoms with E-state index in [4.69, 9.17) is 5.11 Å². The SMILES string of the molecule is CNC(=O)C(C)(C)CNC(=O)N[C@H](C)C(=O)O. The third-order valence-electron chi connectivity index (χ3n) is 2.25. The van der Waals surface area contributed by atoms with E-state index in [-0.39, 0.29) is 12.5 Å². The molecule has 1 atom stereocenters. The van der Waals surface area contributed by atoms with Crippen molar-refractivity contribution in [3.63, 3.8) is 0 Å². The minimum absolute atomic E-state index is 0.116. The molecule has 0 aromatic rings. The van der Waals surface area contributed by atoms with E-state index in [2.05, 4.69) is 16.0 Å². The van der Waals surface area contributed by atoms with E-state index in [0.717, 1.165) is 0 Å². The molecule has 4 N–H and O–H groups in total. The maximum absolute atomic E-state index is 11.4. The summed E-state index contributed by atoms with van der Waals surface area (Å²) in [6, 6.07) is -1.59. The number of carbonyl (C=O) groups is 3. The lowest BCUT2D eigenvalue weighted by Gasteiger charge is -2.23. The summed E-state index contributed by atoms with van der Waals surface area (Å²) >= 11 is 0. The quantitative estimate of drug-likeness (QED) is 0.525. The molecule has 7 nitrogen and oxygen atoms in total. The molecule has 0 spiro atoms. The van der Waals surface area contributed by atoms with Crippen LogP contribution in [0, 0.1) is 5.41 Å². The fourth-order valence-corrected chi connectivity index (χ4v) is 1.03. The van der Waals surface area contributed by atoms with Crippen LogP contribution in [-0.2, 0) is 9.59 Å². The minimum Gasteiger partial charge on any atom is -0.480 e. The van der Waals surface area contributed by atoms with Gasteiger partial charge in [0.15, 0.2) is 0 Å². The van der Waals surface area contributed by atoms with Crippen molar-refractivity contribution in [3.05, 3.63) is 0 Å². The number of hydrogen-bond acceptors (Lipinski definition) is 3. The van der Waals surface area contributed by atoms with E-state index in [1.165, 1.54) is 14.0 Å². The lowest BCUT2D eigenvalue weighted by atomic mass is 9.92. The van der Waals surface area contributed by atoms with Gasteiger partial charge in [0.2, 0.25) is 5.91 Å². The normalized spacial score (nSPS) is 12.5. The second kappa shape index (κ2) is 6.07. The lowest BCUT2D eigenvalue weighted by Crippen LogP contribution is -2.49. The number of nitrogens with one attached hydrogen (secondary N) is 3. The van der Waals surface area contributed by atoms with Gasteiger partial charge in [0, 0.05) is 13.6 Å². The van der Waals surface area contributed by atoms with Gasteiger partial charge in [0.05, 0.1) is 5.41 Å². The Morgan fingerprint density at radius 2 is 1.82 bits per heavy atom. The number of aliphatic carboxylic acids is 1. The van der Waals surface area contributed by atoms with E-state index in [1.807, 2.05) is 0 Å². The van der Waals surface area contributed by atoms with Crippen molar-refractivity contribution in [2.75, 3.05) is 13.6 Å². The summed E-state index contributed by atoms with van der Waals surface area (Å²) < 4.78 is 0. The number of urea groups is 1. The van der Waals surface area contributed by atoms with Gasteiger partial charge in [-0.25, -0.2) is 4.79 Å². The van der Waals surface area contributed by atoms with Crippen LogP contribution >= 0.6 is 0 Å². The number of amides is 3. The third kappa shape index (κ3) is 5.19. The number of hydrogen-bond donors (Lipinski definition) is 4. The van der Waals surface area contributed by atoms with E-state index in [1.54, 1.807) is 13.8 Å². The van der Waals surface area contributed by atoms with Crippen LogP contribution in [0.3, 0.4) is 0 Å². The van der Waals surface area contributed by atoms with Crippen molar-refractivity contribution < 1.29 is 19.5 Å². The van der Waals surface area contributed by atoms with Gasteiger partial charge in [0.1, 0.15) is 6.04 Å². The van der Waals surface area contributed by atoms with E-state index >= 15 is 0 Å². The first kappa shape index (κ1) is 15.2. The third-order valence-corrected chi connectivity index (χ3v) is 2.25. The smallest absolute Gasteiger partial charge is 0.325 e. The van der Waals surface area contributed by atoms with E-state index in [9.17, 15) is 14.4 Å². The zero-order valence-corrected chi connectivity index (χ0v) is 10.5. The fraction of sp³-hybridized carbons (Fsp3) is 0.700. The number of carboxylic acids is 1. The second-order valence-corrected chi connectivity index (χ2v) is 4.35. The Hall–Kier alpha value is -1.79.